The Balaban J connectivity index is 1.46. The average molecular weight is 449 g/mol. The Kier molecular flexibility index (Phi) is 5.85. The molecule has 1 aromatic carbocycles. The molecule has 2 aliphatic rings. The molecule has 0 aliphatic carbocycles. The Labute approximate surface area is 193 Å². The first-order valence-electron chi connectivity index (χ1n) is 11.3. The Morgan fingerprint density at radius 3 is 2.85 bits per heavy atom. The minimum Gasteiger partial charge on any atom is -0.486 e. The van der Waals surface area contributed by atoms with Gasteiger partial charge >= 0.3 is 0 Å². The summed E-state index contributed by atoms with van der Waals surface area (Å²) in [6.45, 7) is 2.72. The first-order chi connectivity index (χ1) is 16.1. The number of aromatic nitrogens is 4. The highest BCUT2D eigenvalue weighted by atomic mass is 16.6. The van der Waals surface area contributed by atoms with Crippen molar-refractivity contribution in [3.05, 3.63) is 48.5 Å². The van der Waals surface area contributed by atoms with Crippen molar-refractivity contribution in [1.29, 1.82) is 0 Å². The number of fused-ring (bicyclic) bond motifs is 1. The van der Waals surface area contributed by atoms with Gasteiger partial charge in [-0.15, -0.1) is 0 Å². The second-order valence-corrected chi connectivity index (χ2v) is 8.60. The summed E-state index contributed by atoms with van der Waals surface area (Å²) in [6.07, 6.45) is 7.28. The minimum absolute atomic E-state index is 0.0752. The van der Waals surface area contributed by atoms with Gasteiger partial charge in [0.05, 0.1) is 5.69 Å². The zero-order valence-electron chi connectivity index (χ0n) is 19.0. The highest BCUT2D eigenvalue weighted by Gasteiger charge is 2.29. The topological polar surface area (TPSA) is 85.6 Å². The Morgan fingerprint density at radius 1 is 1.21 bits per heavy atom. The maximum absolute atomic E-state index is 12.9. The van der Waals surface area contributed by atoms with Crippen LogP contribution in [0.15, 0.2) is 42.9 Å². The summed E-state index contributed by atoms with van der Waals surface area (Å²) in [5.74, 6) is 2.34. The van der Waals surface area contributed by atoms with Gasteiger partial charge in [-0.3, -0.25) is 9.48 Å². The zero-order chi connectivity index (χ0) is 22.8. The molecule has 4 heterocycles. The van der Waals surface area contributed by atoms with Crippen molar-refractivity contribution >= 4 is 11.9 Å². The van der Waals surface area contributed by atoms with E-state index in [2.05, 4.69) is 10.1 Å². The standard InChI is InChI=1S/C24H28N6O3/c1-28(2)24-25-14-19(17-6-7-20-21(13-17)33-12-11-32-20)23(27-24)18-5-3-9-29(15-18)22(31)16-30-10-4-8-26-30/h4,6-8,10,13-14,18H,3,5,9,11-12,15-16H2,1-2H3/t18-/m0/s1. The number of nitrogens with zero attached hydrogens (tertiary/aromatic N) is 6. The first-order valence-corrected chi connectivity index (χ1v) is 11.3. The van der Waals surface area contributed by atoms with Gasteiger partial charge in [0.15, 0.2) is 11.5 Å². The summed E-state index contributed by atoms with van der Waals surface area (Å²) in [4.78, 5) is 26.3. The lowest BCUT2D eigenvalue weighted by molar-refractivity contribution is -0.133. The van der Waals surface area contributed by atoms with Gasteiger partial charge in [-0.25, -0.2) is 9.97 Å². The van der Waals surface area contributed by atoms with Gasteiger partial charge < -0.3 is 19.3 Å². The molecule has 0 saturated carbocycles. The van der Waals surface area contributed by atoms with Gasteiger partial charge in [-0.1, -0.05) is 6.07 Å². The number of likely N-dealkylation sites (tertiary alicyclic amines) is 1. The molecule has 33 heavy (non-hydrogen) atoms. The molecule has 0 spiro atoms. The number of anilines is 1. The first kappa shape index (κ1) is 21.2. The lowest BCUT2D eigenvalue weighted by Gasteiger charge is -2.33. The number of ether oxygens (including phenoxy) is 2. The molecule has 9 heteroatoms. The van der Waals surface area contributed by atoms with Gasteiger partial charge in [-0.2, -0.15) is 5.10 Å². The third-order valence-corrected chi connectivity index (χ3v) is 6.08. The molecule has 1 fully saturated rings. The third kappa shape index (κ3) is 4.48. The molecule has 1 atom stereocenters. The lowest BCUT2D eigenvalue weighted by atomic mass is 9.89. The molecule has 0 unspecified atom stereocenters. The minimum atomic E-state index is 0.0752. The molecule has 0 N–H and O–H groups in total. The number of hydrogen-bond donors (Lipinski definition) is 0. The van der Waals surface area contributed by atoms with Crippen LogP contribution in [0.2, 0.25) is 0 Å². The van der Waals surface area contributed by atoms with Crippen LogP contribution in [0.25, 0.3) is 11.1 Å². The molecule has 5 rings (SSSR count). The van der Waals surface area contributed by atoms with Crippen LogP contribution in [0.4, 0.5) is 5.95 Å². The maximum atomic E-state index is 12.9. The zero-order valence-corrected chi connectivity index (χ0v) is 19.0. The summed E-state index contributed by atoms with van der Waals surface area (Å²) in [5.41, 5.74) is 2.91. The van der Waals surface area contributed by atoms with E-state index in [1.807, 2.05) is 60.6 Å². The highest BCUT2D eigenvalue weighted by Crippen LogP contribution is 2.38. The van der Waals surface area contributed by atoms with E-state index >= 15 is 0 Å². The van der Waals surface area contributed by atoms with Crippen LogP contribution >= 0.6 is 0 Å². The van der Waals surface area contributed by atoms with Crippen LogP contribution in [0.5, 0.6) is 11.5 Å². The molecule has 0 bridgehead atoms. The van der Waals surface area contributed by atoms with Crippen LogP contribution in [-0.4, -0.2) is 71.0 Å². The van der Waals surface area contributed by atoms with Gasteiger partial charge in [-0.05, 0) is 36.6 Å². The number of rotatable bonds is 5. The number of benzene rings is 1. The second kappa shape index (κ2) is 9.09. The fraction of sp³-hybridized carbons (Fsp3) is 0.417. The molecular weight excluding hydrogens is 420 g/mol. The summed E-state index contributed by atoms with van der Waals surface area (Å²) in [7, 11) is 3.87. The third-order valence-electron chi connectivity index (χ3n) is 6.08. The second-order valence-electron chi connectivity index (χ2n) is 8.60. The SMILES string of the molecule is CN(C)c1ncc(-c2ccc3c(c2)OCCO3)c([C@H]2CCCN(C(=O)Cn3cccn3)C2)n1. The summed E-state index contributed by atoms with van der Waals surface area (Å²) < 4.78 is 13.1. The van der Waals surface area contributed by atoms with Gasteiger partial charge in [0.25, 0.3) is 0 Å². The number of carbonyl (C=O) groups is 1. The van der Waals surface area contributed by atoms with E-state index in [0.29, 0.717) is 25.7 Å². The van der Waals surface area contributed by atoms with Gasteiger partial charge in [0.2, 0.25) is 11.9 Å². The van der Waals surface area contributed by atoms with E-state index in [9.17, 15) is 4.79 Å². The molecule has 3 aromatic rings. The quantitative estimate of drug-likeness (QED) is 0.593. The molecule has 1 saturated heterocycles. The van der Waals surface area contributed by atoms with Crippen molar-refractivity contribution in [3.8, 4) is 22.6 Å². The smallest absolute Gasteiger partial charge is 0.244 e. The molecule has 2 aliphatic heterocycles. The van der Waals surface area contributed by atoms with E-state index in [-0.39, 0.29) is 18.4 Å². The van der Waals surface area contributed by atoms with Crippen molar-refractivity contribution in [2.24, 2.45) is 0 Å². The van der Waals surface area contributed by atoms with E-state index < -0.39 is 0 Å². The molecule has 0 radical (unpaired) electrons. The van der Waals surface area contributed by atoms with Gasteiger partial charge in [0, 0.05) is 57.3 Å². The van der Waals surface area contributed by atoms with Crippen LogP contribution in [-0.2, 0) is 11.3 Å². The van der Waals surface area contributed by atoms with E-state index in [1.165, 1.54) is 0 Å². The molecular formula is C24H28N6O3. The summed E-state index contributed by atoms with van der Waals surface area (Å²) in [5, 5.41) is 4.17. The Bertz CT molecular complexity index is 1130. The van der Waals surface area contributed by atoms with E-state index in [4.69, 9.17) is 14.5 Å². The predicted molar refractivity (Wildman–Crippen MR) is 124 cm³/mol. The monoisotopic (exact) mass is 448 g/mol. The van der Waals surface area contributed by atoms with Crippen LogP contribution in [0.1, 0.15) is 24.5 Å². The fourth-order valence-corrected chi connectivity index (χ4v) is 4.40. The fourth-order valence-electron chi connectivity index (χ4n) is 4.40. The molecule has 172 valence electrons. The number of piperidine rings is 1. The largest absolute Gasteiger partial charge is 0.486 e. The Hall–Kier alpha value is -3.62. The molecule has 1 amide bonds. The van der Waals surface area contributed by atoms with Crippen molar-refractivity contribution in [2.45, 2.75) is 25.3 Å². The Morgan fingerprint density at radius 2 is 2.06 bits per heavy atom. The summed E-state index contributed by atoms with van der Waals surface area (Å²) >= 11 is 0. The summed E-state index contributed by atoms with van der Waals surface area (Å²) in [6, 6.07) is 7.79. The van der Waals surface area contributed by atoms with Crippen LogP contribution in [0.3, 0.4) is 0 Å². The van der Waals surface area contributed by atoms with E-state index in [0.717, 1.165) is 47.7 Å². The van der Waals surface area contributed by atoms with Crippen molar-refractivity contribution in [3.63, 3.8) is 0 Å². The number of amides is 1. The van der Waals surface area contributed by atoms with Crippen LogP contribution in [0, 0.1) is 0 Å². The average Bonchev–Trinajstić information content (AvgIpc) is 3.36. The predicted octanol–water partition coefficient (Wildman–Crippen LogP) is 2.58. The van der Waals surface area contributed by atoms with Crippen molar-refractivity contribution in [2.75, 3.05) is 45.3 Å². The highest BCUT2D eigenvalue weighted by molar-refractivity contribution is 5.76. The normalized spacial score (nSPS) is 17.6. The maximum Gasteiger partial charge on any atom is 0.244 e. The number of carbonyl (C=O) groups excluding carboxylic acids is 1. The van der Waals surface area contributed by atoms with Gasteiger partial charge in [0.1, 0.15) is 19.8 Å². The van der Waals surface area contributed by atoms with Crippen molar-refractivity contribution < 1.29 is 14.3 Å². The van der Waals surface area contributed by atoms with Crippen molar-refractivity contribution in [1.82, 2.24) is 24.6 Å². The van der Waals surface area contributed by atoms with Crippen LogP contribution < -0.4 is 14.4 Å². The number of hydrogen-bond acceptors (Lipinski definition) is 7. The lowest BCUT2D eigenvalue weighted by Crippen LogP contribution is -2.41. The van der Waals surface area contributed by atoms with E-state index in [1.54, 1.807) is 10.9 Å². The molecule has 9 nitrogen and oxygen atoms in total. The molecule has 2 aromatic heterocycles.